The quantitative estimate of drug-likeness (QED) is 0.140. The van der Waals surface area contributed by atoms with Crippen LogP contribution < -0.4 is 16.2 Å². The molecule has 0 amide bonds. The normalized spacial score (nSPS) is 18.5. The van der Waals surface area contributed by atoms with E-state index in [1.165, 1.54) is 14.2 Å². The summed E-state index contributed by atoms with van der Waals surface area (Å²) in [5.74, 6) is -0.664. The van der Waals surface area contributed by atoms with Gasteiger partial charge >= 0.3 is 11.9 Å². The molecule has 0 fully saturated rings. The van der Waals surface area contributed by atoms with Crippen LogP contribution in [0.1, 0.15) is 71.4 Å². The molecule has 0 radical (unpaired) electrons. The van der Waals surface area contributed by atoms with Gasteiger partial charge in [-0.3, -0.25) is 20.3 Å². The Labute approximate surface area is 278 Å². The van der Waals surface area contributed by atoms with Crippen LogP contribution in [0.25, 0.3) is 12.2 Å². The molecule has 0 saturated carbocycles. The third-order valence-electron chi connectivity index (χ3n) is 9.12. The van der Waals surface area contributed by atoms with Gasteiger partial charge in [-0.05, 0) is 112 Å². The molecule has 0 aliphatic carbocycles. The second kappa shape index (κ2) is 13.8. The van der Waals surface area contributed by atoms with Crippen LogP contribution in [0.15, 0.2) is 88.5 Å². The average Bonchev–Trinajstić information content (AvgIpc) is 3.74. The molecule has 0 spiro atoms. The molecule has 4 aliphatic rings. The molecule has 8 bridgehead atoms. The maximum Gasteiger partial charge on any atom is 0.305 e. The topological polar surface area (TPSA) is 170 Å². The van der Waals surface area contributed by atoms with Crippen molar-refractivity contribution in [1.82, 2.24) is 10.5 Å². The minimum atomic E-state index is -0.333. The van der Waals surface area contributed by atoms with Gasteiger partial charge in [-0.25, -0.2) is 15.0 Å². The van der Waals surface area contributed by atoms with Gasteiger partial charge in [-0.1, -0.05) is 5.16 Å². The average molecular weight is 653 g/mol. The lowest BCUT2D eigenvalue weighted by Gasteiger charge is -2.08. The number of oxime groups is 1. The molecule has 4 aliphatic heterocycles. The first kappa shape index (κ1) is 34.0. The van der Waals surface area contributed by atoms with Gasteiger partial charge in [0.1, 0.15) is 0 Å². The molecule has 4 N–H and O–H groups in total. The van der Waals surface area contributed by atoms with E-state index in [0.717, 1.165) is 44.4 Å². The highest BCUT2D eigenvalue weighted by atomic mass is 16.5. The lowest BCUT2D eigenvalue weighted by Crippen LogP contribution is -2.18. The standard InChI is InChI=1S/C36H40N6O6/c1-17-23(9-11-33(43)47-7)29-16-30-24(10-12-34(44)48-8)18(2)26(38-30)14-31-36(22(6)42-46)20(4)28(40-31)15-32-35(21(5)41-45)19(3)27(39-32)13-25(17)37-29/h13-16,40-41,45-46H,9-12H2,1-8H3/b25-13?,28-15?,30-16?,31-14?,35-21+,42-22?. The van der Waals surface area contributed by atoms with E-state index >= 15 is 0 Å². The van der Waals surface area contributed by atoms with Crippen LogP contribution in [-0.4, -0.2) is 64.4 Å². The molecular weight excluding hydrogens is 612 g/mol. The number of carbonyl (C=O) groups excluding carboxylic acids is 2. The summed E-state index contributed by atoms with van der Waals surface area (Å²) in [6.45, 7) is 11.3. The number of aromatic amines is 1. The molecule has 12 heteroatoms. The van der Waals surface area contributed by atoms with E-state index in [-0.39, 0.29) is 24.8 Å². The zero-order valence-corrected chi connectivity index (χ0v) is 28.5. The zero-order chi connectivity index (χ0) is 34.9. The van der Waals surface area contributed by atoms with Crippen LogP contribution in [0.5, 0.6) is 0 Å². The summed E-state index contributed by atoms with van der Waals surface area (Å²) in [5.41, 5.74) is 13.8. The highest BCUT2D eigenvalue weighted by Gasteiger charge is 2.28. The van der Waals surface area contributed by atoms with Crippen molar-refractivity contribution in [3.63, 3.8) is 0 Å². The number of carbonyl (C=O) groups is 2. The molecule has 5 rings (SSSR count). The van der Waals surface area contributed by atoms with Crippen LogP contribution in [-0.2, 0) is 19.1 Å². The molecular formula is C36H40N6O6. The van der Waals surface area contributed by atoms with Crippen molar-refractivity contribution in [2.75, 3.05) is 14.2 Å². The van der Waals surface area contributed by atoms with Crippen LogP contribution >= 0.6 is 0 Å². The predicted molar refractivity (Wildman–Crippen MR) is 184 cm³/mol. The summed E-state index contributed by atoms with van der Waals surface area (Å²) >= 11 is 0. The molecule has 250 valence electrons. The van der Waals surface area contributed by atoms with Gasteiger partial charge < -0.3 is 19.7 Å². The van der Waals surface area contributed by atoms with E-state index in [4.69, 9.17) is 24.5 Å². The highest BCUT2D eigenvalue weighted by molar-refractivity contribution is 6.26. The summed E-state index contributed by atoms with van der Waals surface area (Å²) < 4.78 is 9.87. The molecule has 1 aromatic rings. The number of rotatable bonds is 8. The number of H-pyrrole nitrogens is 1. The van der Waals surface area contributed by atoms with Gasteiger partial charge in [0.25, 0.3) is 0 Å². The Morgan fingerprint density at radius 1 is 0.792 bits per heavy atom. The number of methoxy groups -OCH3 is 2. The van der Waals surface area contributed by atoms with E-state index in [0.29, 0.717) is 69.4 Å². The summed E-state index contributed by atoms with van der Waals surface area (Å²) in [5, 5.41) is 24.7. The SMILES string of the molecule is COC(=O)CCC1=C(C)C2=NC1=CC1=NC(=CC3=C(C)/C(=C(/C)NO)C(=N3)C=c3[nH]c(c(C(C)=NO)c3C)=C2)C(C)=C1CCC(=O)OC. The molecule has 48 heavy (non-hydrogen) atoms. The smallest absolute Gasteiger partial charge is 0.305 e. The van der Waals surface area contributed by atoms with Crippen molar-refractivity contribution in [3.05, 3.63) is 90.2 Å². The molecule has 0 atom stereocenters. The lowest BCUT2D eigenvalue weighted by molar-refractivity contribution is -0.141. The largest absolute Gasteiger partial charge is 0.469 e. The number of fused-ring (bicyclic) bond motifs is 5. The summed E-state index contributed by atoms with van der Waals surface area (Å²) in [6.07, 6.45) is 8.73. The first-order chi connectivity index (χ1) is 22.9. The van der Waals surface area contributed by atoms with E-state index < -0.39 is 0 Å². The predicted octanol–water partition coefficient (Wildman–Crippen LogP) is 4.29. The van der Waals surface area contributed by atoms with E-state index in [2.05, 4.69) is 15.6 Å². The number of nitrogens with zero attached hydrogens (tertiary/aromatic N) is 4. The van der Waals surface area contributed by atoms with Crippen LogP contribution in [0.4, 0.5) is 0 Å². The molecule has 0 aromatic carbocycles. The first-order valence-electron chi connectivity index (χ1n) is 15.6. The summed E-state index contributed by atoms with van der Waals surface area (Å²) in [4.78, 5) is 43.0. The second-order valence-corrected chi connectivity index (χ2v) is 12.0. The van der Waals surface area contributed by atoms with Gasteiger partial charge in [0, 0.05) is 35.0 Å². The van der Waals surface area contributed by atoms with Crippen LogP contribution in [0.2, 0.25) is 0 Å². The number of esters is 2. The van der Waals surface area contributed by atoms with Crippen molar-refractivity contribution >= 4 is 46.9 Å². The molecule has 0 unspecified atom stereocenters. The Hall–Kier alpha value is -5.36. The number of nitrogens with one attached hydrogen (secondary N) is 2. The van der Waals surface area contributed by atoms with Gasteiger partial charge in [0.15, 0.2) is 0 Å². The maximum absolute atomic E-state index is 12.2. The summed E-state index contributed by atoms with van der Waals surface area (Å²) in [6, 6.07) is 0. The fourth-order valence-corrected chi connectivity index (χ4v) is 6.37. The molecule has 0 saturated heterocycles. The van der Waals surface area contributed by atoms with Gasteiger partial charge in [0.05, 0.1) is 59.5 Å². The number of allylic oxidation sites excluding steroid dienone is 9. The first-order valence-corrected chi connectivity index (χ1v) is 15.6. The van der Waals surface area contributed by atoms with Crippen LogP contribution in [0, 0.1) is 6.92 Å². The van der Waals surface area contributed by atoms with Gasteiger partial charge in [-0.2, -0.15) is 0 Å². The third kappa shape index (κ3) is 6.30. The van der Waals surface area contributed by atoms with Gasteiger partial charge in [-0.15, -0.1) is 0 Å². The zero-order valence-electron chi connectivity index (χ0n) is 28.5. The number of aromatic nitrogens is 1. The minimum absolute atomic E-state index is 0.165. The van der Waals surface area contributed by atoms with Crippen molar-refractivity contribution < 1.29 is 29.5 Å². The number of aliphatic imine (C=N–C) groups is 3. The Balaban J connectivity index is 1.85. The van der Waals surface area contributed by atoms with Crippen molar-refractivity contribution in [1.29, 1.82) is 0 Å². The number of hydroxylamine groups is 1. The number of ether oxygens (including phenoxy) is 2. The van der Waals surface area contributed by atoms with Gasteiger partial charge in [0.2, 0.25) is 0 Å². The Kier molecular flexibility index (Phi) is 9.76. The van der Waals surface area contributed by atoms with Crippen LogP contribution in [0.3, 0.4) is 0 Å². The maximum atomic E-state index is 12.2. The minimum Gasteiger partial charge on any atom is -0.469 e. The van der Waals surface area contributed by atoms with Crippen molar-refractivity contribution in [3.8, 4) is 0 Å². The molecule has 5 heterocycles. The molecule has 1 aromatic heterocycles. The Morgan fingerprint density at radius 3 is 2.04 bits per heavy atom. The van der Waals surface area contributed by atoms with E-state index in [1.807, 2.05) is 52.0 Å². The third-order valence-corrected chi connectivity index (χ3v) is 9.12. The fraction of sp³-hybridized carbons (Fsp3) is 0.333. The highest BCUT2D eigenvalue weighted by Crippen LogP contribution is 2.36. The fourth-order valence-electron chi connectivity index (χ4n) is 6.37. The molecule has 12 nitrogen and oxygen atoms in total. The number of hydrogen-bond donors (Lipinski definition) is 4. The summed E-state index contributed by atoms with van der Waals surface area (Å²) in [7, 11) is 2.73. The number of hydrogen-bond acceptors (Lipinski definition) is 11. The van der Waals surface area contributed by atoms with E-state index in [1.54, 1.807) is 13.8 Å². The Bertz CT molecular complexity index is 2070. The monoisotopic (exact) mass is 652 g/mol. The second-order valence-electron chi connectivity index (χ2n) is 12.0. The van der Waals surface area contributed by atoms with Crippen molar-refractivity contribution in [2.24, 2.45) is 20.1 Å². The lowest BCUT2D eigenvalue weighted by atomic mass is 9.96. The van der Waals surface area contributed by atoms with E-state index in [9.17, 15) is 20.0 Å². The Morgan fingerprint density at radius 2 is 1.42 bits per heavy atom. The van der Waals surface area contributed by atoms with Crippen molar-refractivity contribution in [2.45, 2.75) is 67.2 Å².